The molecule has 88 valence electrons. The summed E-state index contributed by atoms with van der Waals surface area (Å²) in [5.41, 5.74) is 7.99. The predicted octanol–water partition coefficient (Wildman–Crippen LogP) is 1.94. The number of nitrogens with one attached hydrogen (secondary N) is 1. The summed E-state index contributed by atoms with van der Waals surface area (Å²) in [6.07, 6.45) is 0.0488. The van der Waals surface area contributed by atoms with E-state index in [0.717, 1.165) is 11.3 Å². The maximum atomic E-state index is 11.5. The fourth-order valence-corrected chi connectivity index (χ4v) is 1.20. The Morgan fingerprint density at radius 2 is 2.19 bits per heavy atom. The van der Waals surface area contributed by atoms with Crippen molar-refractivity contribution >= 4 is 17.3 Å². The number of hydrogen-bond acceptors (Lipinski definition) is 3. The van der Waals surface area contributed by atoms with Gasteiger partial charge in [-0.15, -0.1) is 0 Å². The van der Waals surface area contributed by atoms with Crippen molar-refractivity contribution in [1.82, 2.24) is 0 Å². The summed E-state index contributed by atoms with van der Waals surface area (Å²) in [5, 5.41) is 2.76. The number of carbonyl (C=O) groups excluding carboxylic acids is 1. The molecule has 16 heavy (non-hydrogen) atoms. The van der Waals surface area contributed by atoms with Crippen LogP contribution in [0.15, 0.2) is 18.2 Å². The monoisotopic (exact) mass is 222 g/mol. The molecule has 1 rings (SSSR count). The molecule has 0 radical (unpaired) electrons. The van der Waals surface area contributed by atoms with Crippen LogP contribution < -0.4 is 11.1 Å². The number of aryl methyl sites for hydroxylation is 1. The fraction of sp³-hybridized carbons (Fsp3) is 0.417. The van der Waals surface area contributed by atoms with Gasteiger partial charge in [0.15, 0.2) is 0 Å². The average Bonchev–Trinajstić information content (AvgIpc) is 2.20. The highest BCUT2D eigenvalue weighted by atomic mass is 16.5. The van der Waals surface area contributed by atoms with E-state index >= 15 is 0 Å². The van der Waals surface area contributed by atoms with Gasteiger partial charge in [0.05, 0.1) is 6.10 Å². The largest absolute Gasteiger partial charge is 0.399 e. The summed E-state index contributed by atoms with van der Waals surface area (Å²) >= 11 is 0. The van der Waals surface area contributed by atoms with Gasteiger partial charge in [-0.3, -0.25) is 4.79 Å². The summed E-state index contributed by atoms with van der Waals surface area (Å²) in [4.78, 5) is 11.5. The van der Waals surface area contributed by atoms with Gasteiger partial charge in [0.2, 0.25) is 5.91 Å². The normalized spacial score (nSPS) is 10.5. The lowest BCUT2D eigenvalue weighted by Crippen LogP contribution is -2.21. The number of benzene rings is 1. The molecular formula is C12H18N2O2. The van der Waals surface area contributed by atoms with Gasteiger partial charge in [-0.1, -0.05) is 6.07 Å². The number of carbonyl (C=O) groups is 1. The van der Waals surface area contributed by atoms with Crippen LogP contribution in [0, 0.1) is 6.92 Å². The molecule has 0 atom stereocenters. The number of rotatable bonds is 4. The van der Waals surface area contributed by atoms with Crippen LogP contribution in [0.4, 0.5) is 11.4 Å². The van der Waals surface area contributed by atoms with Crippen molar-refractivity contribution in [3.63, 3.8) is 0 Å². The van der Waals surface area contributed by atoms with Crippen molar-refractivity contribution in [1.29, 1.82) is 0 Å². The van der Waals surface area contributed by atoms with Crippen molar-refractivity contribution in [2.75, 3.05) is 17.7 Å². The molecule has 0 aliphatic rings. The fourth-order valence-electron chi connectivity index (χ4n) is 1.20. The molecule has 0 heterocycles. The first-order valence-corrected chi connectivity index (χ1v) is 5.26. The Kier molecular flexibility index (Phi) is 4.31. The van der Waals surface area contributed by atoms with E-state index in [1.54, 1.807) is 12.1 Å². The third kappa shape index (κ3) is 3.90. The summed E-state index contributed by atoms with van der Waals surface area (Å²) in [6.45, 7) is 5.75. The molecule has 0 unspecified atom stereocenters. The molecule has 1 aromatic rings. The summed E-state index contributed by atoms with van der Waals surface area (Å²) in [6, 6.07) is 5.41. The highest BCUT2D eigenvalue weighted by Gasteiger charge is 2.06. The lowest BCUT2D eigenvalue weighted by molar-refractivity contribution is -0.121. The van der Waals surface area contributed by atoms with Crippen LogP contribution in [-0.2, 0) is 9.53 Å². The van der Waals surface area contributed by atoms with Crippen molar-refractivity contribution in [3.05, 3.63) is 23.8 Å². The van der Waals surface area contributed by atoms with Crippen LogP contribution in [0.3, 0.4) is 0 Å². The van der Waals surface area contributed by atoms with Gasteiger partial charge in [-0.2, -0.15) is 0 Å². The number of nitrogens with two attached hydrogens (primary N) is 1. The van der Waals surface area contributed by atoms with E-state index in [0.29, 0.717) is 5.69 Å². The molecule has 4 nitrogen and oxygen atoms in total. The lowest BCUT2D eigenvalue weighted by Gasteiger charge is -2.10. The Hall–Kier alpha value is -1.55. The van der Waals surface area contributed by atoms with Crippen molar-refractivity contribution < 1.29 is 9.53 Å². The first-order valence-electron chi connectivity index (χ1n) is 5.26. The summed E-state index contributed by atoms with van der Waals surface area (Å²) in [7, 11) is 0. The molecule has 0 aliphatic heterocycles. The Bertz CT molecular complexity index is 375. The average molecular weight is 222 g/mol. The van der Waals surface area contributed by atoms with E-state index in [-0.39, 0.29) is 18.6 Å². The predicted molar refractivity (Wildman–Crippen MR) is 65.3 cm³/mol. The van der Waals surface area contributed by atoms with Gasteiger partial charge in [0.25, 0.3) is 0 Å². The molecule has 0 spiro atoms. The molecule has 0 bridgehead atoms. The Morgan fingerprint density at radius 1 is 1.50 bits per heavy atom. The quantitative estimate of drug-likeness (QED) is 0.765. The highest BCUT2D eigenvalue weighted by molar-refractivity contribution is 5.92. The smallest absolute Gasteiger partial charge is 0.250 e. The van der Waals surface area contributed by atoms with Gasteiger partial charge in [0.1, 0.15) is 6.61 Å². The Morgan fingerprint density at radius 3 is 2.81 bits per heavy atom. The van der Waals surface area contributed by atoms with Gasteiger partial charge < -0.3 is 15.8 Å². The van der Waals surface area contributed by atoms with E-state index in [1.165, 1.54) is 0 Å². The van der Waals surface area contributed by atoms with Crippen LogP contribution in [0.2, 0.25) is 0 Å². The minimum absolute atomic E-state index is 0.0488. The van der Waals surface area contributed by atoms with Crippen LogP contribution in [0.1, 0.15) is 19.4 Å². The molecule has 1 aromatic carbocycles. The van der Waals surface area contributed by atoms with E-state index in [2.05, 4.69) is 5.32 Å². The first kappa shape index (κ1) is 12.5. The number of ether oxygens (including phenoxy) is 1. The zero-order chi connectivity index (χ0) is 12.1. The zero-order valence-electron chi connectivity index (χ0n) is 9.91. The second-order valence-corrected chi connectivity index (χ2v) is 3.98. The molecule has 0 aromatic heterocycles. The van der Waals surface area contributed by atoms with Crippen LogP contribution in [0.25, 0.3) is 0 Å². The second kappa shape index (κ2) is 5.51. The molecule has 3 N–H and O–H groups in total. The van der Waals surface area contributed by atoms with E-state index in [4.69, 9.17) is 10.5 Å². The molecule has 0 aliphatic carbocycles. The topological polar surface area (TPSA) is 64.3 Å². The van der Waals surface area contributed by atoms with Crippen LogP contribution in [-0.4, -0.2) is 18.6 Å². The van der Waals surface area contributed by atoms with Gasteiger partial charge in [-0.05, 0) is 38.5 Å². The first-order chi connectivity index (χ1) is 7.49. The summed E-state index contributed by atoms with van der Waals surface area (Å²) in [5.74, 6) is -0.164. The molecule has 0 saturated carbocycles. The minimum Gasteiger partial charge on any atom is -0.399 e. The van der Waals surface area contributed by atoms with Crippen LogP contribution >= 0.6 is 0 Å². The number of anilines is 2. The summed E-state index contributed by atoms with van der Waals surface area (Å²) < 4.78 is 5.20. The number of hydrogen-bond donors (Lipinski definition) is 2. The SMILES string of the molecule is Cc1ccc(N)cc1NC(=O)COC(C)C. The lowest BCUT2D eigenvalue weighted by atomic mass is 10.2. The molecule has 0 fully saturated rings. The minimum atomic E-state index is -0.164. The van der Waals surface area contributed by atoms with Crippen molar-refractivity contribution in [2.45, 2.75) is 26.9 Å². The molecule has 0 saturated heterocycles. The van der Waals surface area contributed by atoms with Crippen molar-refractivity contribution in [2.24, 2.45) is 0 Å². The Labute approximate surface area is 95.8 Å². The third-order valence-corrected chi connectivity index (χ3v) is 2.08. The van der Waals surface area contributed by atoms with E-state index in [1.807, 2.05) is 26.8 Å². The number of nitrogen functional groups attached to an aromatic ring is 1. The maximum Gasteiger partial charge on any atom is 0.250 e. The Balaban J connectivity index is 2.59. The zero-order valence-corrected chi connectivity index (χ0v) is 9.91. The maximum absolute atomic E-state index is 11.5. The highest BCUT2D eigenvalue weighted by Crippen LogP contribution is 2.17. The van der Waals surface area contributed by atoms with Gasteiger partial charge in [-0.25, -0.2) is 0 Å². The van der Waals surface area contributed by atoms with Crippen LogP contribution in [0.5, 0.6) is 0 Å². The van der Waals surface area contributed by atoms with Crippen molar-refractivity contribution in [3.8, 4) is 0 Å². The third-order valence-electron chi connectivity index (χ3n) is 2.08. The second-order valence-electron chi connectivity index (χ2n) is 3.98. The van der Waals surface area contributed by atoms with E-state index < -0.39 is 0 Å². The molecular weight excluding hydrogens is 204 g/mol. The molecule has 4 heteroatoms. The van der Waals surface area contributed by atoms with Gasteiger partial charge >= 0.3 is 0 Å². The van der Waals surface area contributed by atoms with Gasteiger partial charge in [0, 0.05) is 11.4 Å². The van der Waals surface area contributed by atoms with E-state index in [9.17, 15) is 4.79 Å². The number of amides is 1. The molecule has 1 amide bonds. The standard InChI is InChI=1S/C12H18N2O2/c1-8(2)16-7-12(15)14-11-6-10(13)5-4-9(11)3/h4-6,8H,7,13H2,1-3H3,(H,14,15).